The summed E-state index contributed by atoms with van der Waals surface area (Å²) in [6.45, 7) is 3.66. The molecule has 0 spiro atoms. The monoisotopic (exact) mass is 363 g/mol. The average molecular weight is 363 g/mol. The molecule has 1 aliphatic heterocycles. The molecule has 1 atom stereocenters. The molecule has 0 saturated carbocycles. The summed E-state index contributed by atoms with van der Waals surface area (Å²) in [5.74, 6) is 0.169. The summed E-state index contributed by atoms with van der Waals surface area (Å²) in [6, 6.07) is 17.1. The van der Waals surface area contributed by atoms with Crippen LogP contribution in [-0.4, -0.2) is 47.6 Å². The van der Waals surface area contributed by atoms with E-state index in [0.717, 1.165) is 31.6 Å². The number of nitrogens with zero attached hydrogens (tertiary/aromatic N) is 2. The number of rotatable bonds is 6. The standard InChI is InChI=1S/C23H27N2O2/c1-3-4-14-27-15-13-17-16-22(26)24(2)25(17)23-20-11-7-5-9-18(20)19-10-6-8-12-21(19)23/h5-12,17H,3-4,13-16H2,1-2H3/q+1. The molecular formula is C23H27N2O2+. The zero-order chi connectivity index (χ0) is 18.8. The molecule has 2 aromatic rings. The second kappa shape index (κ2) is 7.65. The van der Waals surface area contributed by atoms with E-state index >= 15 is 0 Å². The topological polar surface area (TPSA) is 32.5 Å². The molecule has 0 radical (unpaired) electrons. The molecule has 4 rings (SSSR count). The summed E-state index contributed by atoms with van der Waals surface area (Å²) in [6.07, 6.45) is 3.63. The Morgan fingerprint density at radius 1 is 1.00 bits per heavy atom. The van der Waals surface area contributed by atoms with E-state index in [-0.39, 0.29) is 11.9 Å². The highest BCUT2D eigenvalue weighted by Crippen LogP contribution is 2.37. The molecule has 1 fully saturated rings. The van der Waals surface area contributed by atoms with Crippen molar-refractivity contribution < 1.29 is 14.2 Å². The second-order valence-corrected chi connectivity index (χ2v) is 7.31. The van der Waals surface area contributed by atoms with Crippen molar-refractivity contribution in [3.05, 3.63) is 59.7 Å². The molecule has 1 heterocycles. The number of benzene rings is 2. The number of carbonyl (C=O) groups excluding carboxylic acids is 1. The fraction of sp³-hybridized carbons (Fsp3) is 0.391. The van der Waals surface area contributed by atoms with Crippen molar-refractivity contribution in [2.24, 2.45) is 0 Å². The normalized spacial score (nSPS) is 18.2. The number of fused-ring (bicyclic) bond motifs is 3. The van der Waals surface area contributed by atoms with E-state index in [4.69, 9.17) is 4.74 Å². The summed E-state index contributed by atoms with van der Waals surface area (Å²) in [7, 11) is 1.89. The highest BCUT2D eigenvalue weighted by molar-refractivity contribution is 6.22. The lowest BCUT2D eigenvalue weighted by Gasteiger charge is -2.14. The predicted octanol–water partition coefficient (Wildman–Crippen LogP) is 3.87. The van der Waals surface area contributed by atoms with Gasteiger partial charge in [-0.25, -0.2) is 0 Å². The number of unbranched alkanes of at least 4 members (excludes halogenated alkanes) is 1. The van der Waals surface area contributed by atoms with Crippen molar-refractivity contribution in [2.75, 3.05) is 20.3 Å². The van der Waals surface area contributed by atoms with Crippen LogP contribution in [0.1, 0.15) is 43.7 Å². The SMILES string of the molecule is CCCCOCCC1CC(=O)N(C)[N+]1=C1c2ccccc2-c2ccccc21. The van der Waals surface area contributed by atoms with E-state index in [0.29, 0.717) is 13.0 Å². The van der Waals surface area contributed by atoms with E-state index in [9.17, 15) is 4.79 Å². The average Bonchev–Trinajstić information content (AvgIpc) is 3.16. The maximum Gasteiger partial charge on any atom is 0.283 e. The molecule has 0 aromatic heterocycles. The number of hydrogen-bond donors (Lipinski definition) is 0. The minimum absolute atomic E-state index is 0.137. The third-order valence-electron chi connectivity index (χ3n) is 5.56. The Morgan fingerprint density at radius 2 is 1.59 bits per heavy atom. The molecule has 0 N–H and O–H groups in total. The first kappa shape index (κ1) is 17.9. The van der Waals surface area contributed by atoms with Gasteiger partial charge in [0, 0.05) is 13.0 Å². The van der Waals surface area contributed by atoms with Gasteiger partial charge in [0.2, 0.25) is 5.71 Å². The van der Waals surface area contributed by atoms with Crippen LogP contribution in [0.5, 0.6) is 0 Å². The van der Waals surface area contributed by atoms with Crippen molar-refractivity contribution in [1.29, 1.82) is 0 Å². The van der Waals surface area contributed by atoms with E-state index in [2.05, 4.69) is 60.1 Å². The van der Waals surface area contributed by atoms with Gasteiger partial charge < -0.3 is 4.74 Å². The van der Waals surface area contributed by atoms with Gasteiger partial charge in [-0.05, 0) is 29.7 Å². The number of hydrazone groups is 1. The van der Waals surface area contributed by atoms with Gasteiger partial charge in [0.05, 0.1) is 31.2 Å². The molecule has 1 unspecified atom stereocenters. The number of hydrogen-bond acceptors (Lipinski definition) is 2. The largest absolute Gasteiger partial charge is 0.381 e. The third kappa shape index (κ3) is 3.19. The summed E-state index contributed by atoms with van der Waals surface area (Å²) in [5, 5.41) is 1.80. The van der Waals surface area contributed by atoms with E-state index < -0.39 is 0 Å². The molecule has 140 valence electrons. The van der Waals surface area contributed by atoms with Gasteiger partial charge in [-0.15, -0.1) is 9.69 Å². The van der Waals surface area contributed by atoms with Crippen LogP contribution in [0.3, 0.4) is 0 Å². The Hall–Kier alpha value is -2.46. The maximum atomic E-state index is 12.5. The van der Waals surface area contributed by atoms with Crippen molar-refractivity contribution >= 4 is 11.6 Å². The van der Waals surface area contributed by atoms with E-state index in [1.807, 2.05) is 7.05 Å². The minimum atomic E-state index is 0.137. The molecule has 2 aromatic carbocycles. The van der Waals surface area contributed by atoms with E-state index in [1.54, 1.807) is 5.01 Å². The highest BCUT2D eigenvalue weighted by atomic mass is 16.5. The maximum absolute atomic E-state index is 12.5. The zero-order valence-electron chi connectivity index (χ0n) is 16.1. The van der Waals surface area contributed by atoms with Crippen LogP contribution in [0.4, 0.5) is 0 Å². The first-order chi connectivity index (χ1) is 13.2. The molecule has 4 nitrogen and oxygen atoms in total. The number of hydrazine groups is 1. The molecule has 4 heteroatoms. The van der Waals surface area contributed by atoms with Gasteiger partial charge in [-0.3, -0.25) is 4.79 Å². The second-order valence-electron chi connectivity index (χ2n) is 7.31. The fourth-order valence-electron chi connectivity index (χ4n) is 4.15. The molecular weight excluding hydrogens is 336 g/mol. The van der Waals surface area contributed by atoms with Crippen molar-refractivity contribution in [1.82, 2.24) is 5.01 Å². The quantitative estimate of drug-likeness (QED) is 0.492. The van der Waals surface area contributed by atoms with Gasteiger partial charge in [0.25, 0.3) is 5.91 Å². The Kier molecular flexibility index (Phi) is 5.08. The van der Waals surface area contributed by atoms with Crippen LogP contribution in [0, 0.1) is 0 Å². The number of amides is 1. The Labute approximate surface area is 161 Å². The van der Waals surface area contributed by atoms with Crippen LogP contribution in [0.25, 0.3) is 11.1 Å². The van der Waals surface area contributed by atoms with Crippen molar-refractivity contribution in [3.63, 3.8) is 0 Å². The molecule has 0 bridgehead atoms. The molecule has 1 aliphatic carbocycles. The fourth-order valence-corrected chi connectivity index (χ4v) is 4.15. The Bertz CT molecular complexity index is 840. The predicted molar refractivity (Wildman–Crippen MR) is 107 cm³/mol. The first-order valence-corrected chi connectivity index (χ1v) is 9.92. The van der Waals surface area contributed by atoms with Gasteiger partial charge in [0.15, 0.2) is 6.04 Å². The third-order valence-corrected chi connectivity index (χ3v) is 5.56. The molecule has 2 aliphatic rings. The summed E-state index contributed by atoms with van der Waals surface area (Å²) >= 11 is 0. The van der Waals surface area contributed by atoms with Crippen molar-refractivity contribution in [2.45, 2.75) is 38.6 Å². The van der Waals surface area contributed by atoms with Crippen LogP contribution in [0.2, 0.25) is 0 Å². The Balaban J connectivity index is 1.73. The lowest BCUT2D eigenvalue weighted by atomic mass is 10.1. The summed E-state index contributed by atoms with van der Waals surface area (Å²) < 4.78 is 8.00. The van der Waals surface area contributed by atoms with Crippen LogP contribution in [0.15, 0.2) is 48.5 Å². The van der Waals surface area contributed by atoms with Crippen LogP contribution in [-0.2, 0) is 9.53 Å². The molecule has 27 heavy (non-hydrogen) atoms. The van der Waals surface area contributed by atoms with Gasteiger partial charge >= 0.3 is 0 Å². The van der Waals surface area contributed by atoms with Gasteiger partial charge in [0.1, 0.15) is 0 Å². The summed E-state index contributed by atoms with van der Waals surface area (Å²) in [4.78, 5) is 12.5. The number of ether oxygens (including phenoxy) is 1. The summed E-state index contributed by atoms with van der Waals surface area (Å²) in [5.41, 5.74) is 6.05. The lowest BCUT2D eigenvalue weighted by molar-refractivity contribution is -0.677. The Morgan fingerprint density at radius 3 is 2.19 bits per heavy atom. The van der Waals surface area contributed by atoms with Crippen LogP contribution >= 0.6 is 0 Å². The first-order valence-electron chi connectivity index (χ1n) is 9.92. The highest BCUT2D eigenvalue weighted by Gasteiger charge is 2.45. The molecule has 1 amide bonds. The number of carbonyl (C=O) groups is 1. The lowest BCUT2D eigenvalue weighted by Crippen LogP contribution is -2.37. The van der Waals surface area contributed by atoms with Gasteiger partial charge in [-0.2, -0.15) is 0 Å². The minimum Gasteiger partial charge on any atom is -0.381 e. The molecule has 1 saturated heterocycles. The zero-order valence-corrected chi connectivity index (χ0v) is 16.1. The van der Waals surface area contributed by atoms with E-state index in [1.165, 1.54) is 22.3 Å². The van der Waals surface area contributed by atoms with Crippen molar-refractivity contribution in [3.8, 4) is 11.1 Å². The van der Waals surface area contributed by atoms with Gasteiger partial charge in [-0.1, -0.05) is 49.7 Å². The smallest absolute Gasteiger partial charge is 0.283 e. The van der Waals surface area contributed by atoms with Crippen LogP contribution < -0.4 is 0 Å².